The standard InChI is InChI=1S/C26H27N3O/c1-16-9-8-10-18(13-16)23-22-17(2)28-29(19-11-6-5-7-12-19)25(22)27-20-14-26(3,4)15-21(30)24(20)23/h5-13,23,27H,14-15H2,1-4H3/t23-/m0/s1. The first kappa shape index (κ1) is 18.9. The Bertz CT molecular complexity index is 1180. The van der Waals surface area contributed by atoms with Crippen LogP contribution in [0.2, 0.25) is 0 Å². The molecule has 0 fully saturated rings. The van der Waals surface area contributed by atoms with Gasteiger partial charge in [-0.1, -0.05) is 61.9 Å². The molecule has 0 radical (unpaired) electrons. The van der Waals surface area contributed by atoms with Gasteiger partial charge in [-0.05, 0) is 43.4 Å². The van der Waals surface area contributed by atoms with Crippen molar-refractivity contribution in [1.29, 1.82) is 0 Å². The first-order valence-corrected chi connectivity index (χ1v) is 10.6. The number of hydrogen-bond donors (Lipinski definition) is 1. The van der Waals surface area contributed by atoms with Gasteiger partial charge in [0.25, 0.3) is 0 Å². The van der Waals surface area contributed by atoms with Crippen LogP contribution in [-0.2, 0) is 4.79 Å². The van der Waals surface area contributed by atoms with E-state index in [0.717, 1.165) is 46.0 Å². The highest BCUT2D eigenvalue weighted by Crippen LogP contribution is 2.50. The summed E-state index contributed by atoms with van der Waals surface area (Å²) >= 11 is 0. The van der Waals surface area contributed by atoms with Crippen LogP contribution in [0.5, 0.6) is 0 Å². The van der Waals surface area contributed by atoms with Crippen LogP contribution in [0.4, 0.5) is 5.82 Å². The Morgan fingerprint density at radius 2 is 1.80 bits per heavy atom. The first-order chi connectivity index (χ1) is 14.3. The summed E-state index contributed by atoms with van der Waals surface area (Å²) in [6, 6.07) is 18.7. The lowest BCUT2D eigenvalue weighted by Crippen LogP contribution is -2.34. The topological polar surface area (TPSA) is 46.9 Å². The van der Waals surface area contributed by atoms with Crippen molar-refractivity contribution >= 4 is 11.6 Å². The molecule has 0 spiro atoms. The molecule has 1 aliphatic heterocycles. The van der Waals surface area contributed by atoms with Crippen LogP contribution in [0.25, 0.3) is 5.69 Å². The molecule has 1 atom stereocenters. The van der Waals surface area contributed by atoms with Gasteiger partial charge >= 0.3 is 0 Å². The van der Waals surface area contributed by atoms with Crippen LogP contribution in [0.3, 0.4) is 0 Å². The normalized spacial score (nSPS) is 19.9. The molecule has 3 aromatic rings. The molecule has 1 N–H and O–H groups in total. The maximum Gasteiger partial charge on any atom is 0.162 e. The Morgan fingerprint density at radius 3 is 2.53 bits per heavy atom. The number of rotatable bonds is 2. The summed E-state index contributed by atoms with van der Waals surface area (Å²) in [6.07, 6.45) is 1.44. The molecule has 2 aromatic carbocycles. The van der Waals surface area contributed by atoms with Gasteiger partial charge in [0.1, 0.15) is 5.82 Å². The van der Waals surface area contributed by atoms with Gasteiger partial charge in [-0.15, -0.1) is 0 Å². The maximum atomic E-state index is 13.4. The van der Waals surface area contributed by atoms with E-state index in [1.165, 1.54) is 5.56 Å². The number of para-hydroxylation sites is 1. The second-order valence-electron chi connectivity index (χ2n) is 9.40. The first-order valence-electron chi connectivity index (χ1n) is 10.6. The zero-order valence-corrected chi connectivity index (χ0v) is 18.0. The molecule has 4 heteroatoms. The number of hydrogen-bond acceptors (Lipinski definition) is 3. The molecule has 0 amide bonds. The number of aromatic nitrogens is 2. The third-order valence-corrected chi connectivity index (χ3v) is 6.25. The number of carbonyl (C=O) groups is 1. The molecular formula is C26H27N3O. The van der Waals surface area contributed by atoms with Crippen molar-refractivity contribution in [2.24, 2.45) is 5.41 Å². The van der Waals surface area contributed by atoms with Crippen molar-refractivity contribution in [3.63, 3.8) is 0 Å². The number of Topliss-reactive ketones (excluding diaryl/α,β-unsaturated/α-hetero) is 1. The quantitative estimate of drug-likeness (QED) is 0.604. The largest absolute Gasteiger partial charge is 0.343 e. The van der Waals surface area contributed by atoms with Crippen molar-refractivity contribution in [3.05, 3.63) is 88.3 Å². The average Bonchev–Trinajstić information content (AvgIpc) is 3.02. The summed E-state index contributed by atoms with van der Waals surface area (Å²) in [5.41, 5.74) is 7.36. The summed E-state index contributed by atoms with van der Waals surface area (Å²) in [4.78, 5) is 13.4. The number of ketones is 1. The highest BCUT2D eigenvalue weighted by molar-refractivity contribution is 6.01. The molecular weight excluding hydrogens is 370 g/mol. The van der Waals surface area contributed by atoms with E-state index >= 15 is 0 Å². The third-order valence-electron chi connectivity index (χ3n) is 6.25. The molecule has 1 aromatic heterocycles. The summed E-state index contributed by atoms with van der Waals surface area (Å²) in [6.45, 7) is 8.50. The van der Waals surface area contributed by atoms with Crippen molar-refractivity contribution in [2.45, 2.75) is 46.5 Å². The molecule has 1 aliphatic carbocycles. The maximum absolute atomic E-state index is 13.4. The molecule has 0 bridgehead atoms. The van der Waals surface area contributed by atoms with Crippen molar-refractivity contribution in [1.82, 2.24) is 9.78 Å². The van der Waals surface area contributed by atoms with Crippen LogP contribution in [-0.4, -0.2) is 15.6 Å². The highest BCUT2D eigenvalue weighted by Gasteiger charge is 2.42. The van der Waals surface area contributed by atoms with Gasteiger partial charge in [-0.2, -0.15) is 5.10 Å². The monoisotopic (exact) mass is 397 g/mol. The van der Waals surface area contributed by atoms with Gasteiger partial charge in [-0.3, -0.25) is 4.79 Å². The number of fused-ring (bicyclic) bond motifs is 1. The van der Waals surface area contributed by atoms with Gasteiger partial charge in [0.05, 0.1) is 11.4 Å². The molecule has 0 saturated heterocycles. The van der Waals surface area contributed by atoms with Crippen molar-refractivity contribution < 1.29 is 4.79 Å². The van der Waals surface area contributed by atoms with E-state index in [1.807, 2.05) is 29.8 Å². The van der Waals surface area contributed by atoms with Gasteiger partial charge in [0, 0.05) is 29.2 Å². The van der Waals surface area contributed by atoms with Gasteiger partial charge < -0.3 is 5.32 Å². The molecule has 4 nitrogen and oxygen atoms in total. The lowest BCUT2D eigenvalue weighted by atomic mass is 9.69. The fourth-order valence-corrected chi connectivity index (χ4v) is 5.01. The van der Waals surface area contributed by atoms with E-state index < -0.39 is 0 Å². The minimum atomic E-state index is -0.0859. The second-order valence-corrected chi connectivity index (χ2v) is 9.40. The van der Waals surface area contributed by atoms with Crippen LogP contribution in [0.1, 0.15) is 55.0 Å². The molecule has 30 heavy (non-hydrogen) atoms. The fraction of sp³-hybridized carbons (Fsp3) is 0.308. The van der Waals surface area contributed by atoms with Crippen LogP contribution < -0.4 is 5.32 Å². The van der Waals surface area contributed by atoms with Crippen LogP contribution in [0, 0.1) is 19.3 Å². The number of nitrogens with zero attached hydrogens (tertiary/aromatic N) is 2. The van der Waals surface area contributed by atoms with Crippen LogP contribution in [0.15, 0.2) is 65.9 Å². The predicted octanol–water partition coefficient (Wildman–Crippen LogP) is 5.69. The molecule has 152 valence electrons. The number of carbonyl (C=O) groups excluding carboxylic acids is 1. The zero-order chi connectivity index (χ0) is 21.0. The minimum absolute atomic E-state index is 0.0514. The molecule has 5 rings (SSSR count). The van der Waals surface area contributed by atoms with E-state index in [9.17, 15) is 4.79 Å². The SMILES string of the molecule is Cc1cccc([C@@H]2C3=C(CC(C)(C)CC3=O)Nc3c2c(C)nn3-c2ccccc2)c1. The minimum Gasteiger partial charge on any atom is -0.343 e. The summed E-state index contributed by atoms with van der Waals surface area (Å²) in [5.74, 6) is 1.14. The Hall–Kier alpha value is -3.14. The van der Waals surface area contributed by atoms with E-state index in [2.05, 4.69) is 62.5 Å². The van der Waals surface area contributed by atoms with Crippen molar-refractivity contribution in [2.75, 3.05) is 5.32 Å². The van der Waals surface area contributed by atoms with E-state index in [0.29, 0.717) is 6.42 Å². The highest BCUT2D eigenvalue weighted by atomic mass is 16.1. The smallest absolute Gasteiger partial charge is 0.162 e. The van der Waals surface area contributed by atoms with Gasteiger partial charge in [-0.25, -0.2) is 4.68 Å². The molecule has 0 saturated carbocycles. The third kappa shape index (κ3) is 2.98. The second kappa shape index (κ2) is 6.69. The number of aryl methyl sites for hydroxylation is 2. The molecule has 0 unspecified atom stereocenters. The fourth-order valence-electron chi connectivity index (χ4n) is 5.01. The Labute approximate surface area is 177 Å². The Morgan fingerprint density at radius 1 is 1.03 bits per heavy atom. The number of benzene rings is 2. The van der Waals surface area contributed by atoms with Gasteiger partial charge in [0.15, 0.2) is 5.78 Å². The van der Waals surface area contributed by atoms with Crippen molar-refractivity contribution in [3.8, 4) is 5.69 Å². The molecule has 2 aliphatic rings. The predicted molar refractivity (Wildman–Crippen MR) is 120 cm³/mol. The van der Waals surface area contributed by atoms with E-state index in [-0.39, 0.29) is 17.1 Å². The summed E-state index contributed by atoms with van der Waals surface area (Å²) < 4.78 is 1.99. The number of allylic oxidation sites excluding steroid dienone is 2. The summed E-state index contributed by atoms with van der Waals surface area (Å²) in [7, 11) is 0. The van der Waals surface area contributed by atoms with Crippen LogP contribution >= 0.6 is 0 Å². The Kier molecular flexibility index (Phi) is 4.21. The van der Waals surface area contributed by atoms with E-state index in [1.54, 1.807) is 0 Å². The van der Waals surface area contributed by atoms with Gasteiger partial charge in [0.2, 0.25) is 0 Å². The summed E-state index contributed by atoms with van der Waals surface area (Å²) in [5, 5.41) is 8.54. The zero-order valence-electron chi connectivity index (χ0n) is 18.0. The number of nitrogens with one attached hydrogen (secondary N) is 1. The molecule has 2 heterocycles. The lowest BCUT2D eigenvalue weighted by Gasteiger charge is -2.38. The lowest BCUT2D eigenvalue weighted by molar-refractivity contribution is -0.118. The Balaban J connectivity index is 1.77. The average molecular weight is 398 g/mol. The van der Waals surface area contributed by atoms with E-state index in [4.69, 9.17) is 5.10 Å². The number of anilines is 1.